The van der Waals surface area contributed by atoms with Crippen LogP contribution in [-0.2, 0) is 11.3 Å². The Balaban J connectivity index is 2.75. The van der Waals surface area contributed by atoms with E-state index in [0.29, 0.717) is 6.61 Å². The second kappa shape index (κ2) is 4.63. The maximum absolute atomic E-state index is 5.80. The number of benzene rings is 1. The summed E-state index contributed by atoms with van der Waals surface area (Å²) in [5.41, 5.74) is 7.60. The number of halogens is 1. The first-order chi connectivity index (χ1) is 6.11. The minimum Gasteiger partial charge on any atom is -0.398 e. The van der Waals surface area contributed by atoms with E-state index in [9.17, 15) is 0 Å². The Bertz CT molecular complexity index is 266. The van der Waals surface area contributed by atoms with Gasteiger partial charge in [0, 0.05) is 15.7 Å². The van der Waals surface area contributed by atoms with Gasteiger partial charge in [-0.25, -0.2) is 0 Å². The molecule has 0 amide bonds. The molecule has 0 aromatic heterocycles. The number of nitrogen functional groups attached to an aromatic ring is 1. The summed E-state index contributed by atoms with van der Waals surface area (Å²) in [6.07, 6.45) is 0.228. The van der Waals surface area contributed by atoms with Crippen LogP contribution >= 0.6 is 15.9 Å². The quantitative estimate of drug-likeness (QED) is 0.829. The van der Waals surface area contributed by atoms with Crippen LogP contribution in [0, 0.1) is 0 Å². The standard InChI is InChI=1S/C10H14BrNO/c1-7(2)13-6-8-9(11)4-3-5-10(8)12/h3-5,7H,6,12H2,1-2H3. The smallest absolute Gasteiger partial charge is 0.0751 e. The zero-order chi connectivity index (χ0) is 9.84. The number of hydrogen-bond donors (Lipinski definition) is 1. The lowest BCUT2D eigenvalue weighted by molar-refractivity contribution is 0.0657. The van der Waals surface area contributed by atoms with Crippen molar-refractivity contribution in [2.45, 2.75) is 26.6 Å². The molecule has 1 rings (SSSR count). The lowest BCUT2D eigenvalue weighted by Crippen LogP contribution is -2.04. The molecule has 0 saturated carbocycles. The summed E-state index contributed by atoms with van der Waals surface area (Å²) >= 11 is 3.44. The van der Waals surface area contributed by atoms with Crippen LogP contribution < -0.4 is 5.73 Å². The molecule has 1 aromatic rings. The Hall–Kier alpha value is -0.540. The maximum Gasteiger partial charge on any atom is 0.0751 e. The molecule has 0 aliphatic heterocycles. The highest BCUT2D eigenvalue weighted by Gasteiger charge is 2.04. The molecule has 0 unspecified atom stereocenters. The minimum absolute atomic E-state index is 0.228. The van der Waals surface area contributed by atoms with E-state index in [1.807, 2.05) is 32.0 Å². The summed E-state index contributed by atoms with van der Waals surface area (Å²) in [5.74, 6) is 0. The molecule has 0 spiro atoms. The third-order valence-electron chi connectivity index (χ3n) is 1.72. The highest BCUT2D eigenvalue weighted by atomic mass is 79.9. The largest absolute Gasteiger partial charge is 0.398 e. The lowest BCUT2D eigenvalue weighted by Gasteiger charge is -2.11. The van der Waals surface area contributed by atoms with Crippen molar-refractivity contribution in [3.05, 3.63) is 28.2 Å². The summed E-state index contributed by atoms with van der Waals surface area (Å²) in [4.78, 5) is 0. The molecule has 2 nitrogen and oxygen atoms in total. The van der Waals surface area contributed by atoms with E-state index >= 15 is 0 Å². The predicted molar refractivity (Wildman–Crippen MR) is 58.5 cm³/mol. The molecule has 13 heavy (non-hydrogen) atoms. The van der Waals surface area contributed by atoms with Crippen molar-refractivity contribution < 1.29 is 4.74 Å². The van der Waals surface area contributed by atoms with Crippen molar-refractivity contribution in [3.8, 4) is 0 Å². The minimum atomic E-state index is 0.228. The SMILES string of the molecule is CC(C)OCc1c(N)cccc1Br. The number of ether oxygens (including phenoxy) is 1. The molecule has 0 bridgehead atoms. The van der Waals surface area contributed by atoms with Gasteiger partial charge >= 0.3 is 0 Å². The van der Waals surface area contributed by atoms with Crippen molar-refractivity contribution in [1.29, 1.82) is 0 Å². The van der Waals surface area contributed by atoms with E-state index in [0.717, 1.165) is 15.7 Å². The topological polar surface area (TPSA) is 35.2 Å². The average Bonchev–Trinajstić information content (AvgIpc) is 2.03. The fourth-order valence-corrected chi connectivity index (χ4v) is 1.47. The summed E-state index contributed by atoms with van der Waals surface area (Å²) in [6.45, 7) is 4.57. The van der Waals surface area contributed by atoms with Crippen molar-refractivity contribution in [2.24, 2.45) is 0 Å². The third kappa shape index (κ3) is 3.01. The summed E-state index contributed by atoms with van der Waals surface area (Å²) in [7, 11) is 0. The average molecular weight is 244 g/mol. The maximum atomic E-state index is 5.80. The van der Waals surface area contributed by atoms with Gasteiger partial charge in [-0.2, -0.15) is 0 Å². The molecule has 0 aliphatic rings. The van der Waals surface area contributed by atoms with E-state index in [1.54, 1.807) is 0 Å². The van der Waals surface area contributed by atoms with E-state index in [1.165, 1.54) is 0 Å². The number of hydrogen-bond acceptors (Lipinski definition) is 2. The molecule has 3 heteroatoms. The molecule has 0 heterocycles. The monoisotopic (exact) mass is 243 g/mol. The molecule has 0 fully saturated rings. The Labute approximate surface area is 87.2 Å². The van der Waals surface area contributed by atoms with Gasteiger partial charge in [0.15, 0.2) is 0 Å². The van der Waals surface area contributed by atoms with Crippen molar-refractivity contribution in [2.75, 3.05) is 5.73 Å². The molecular weight excluding hydrogens is 230 g/mol. The first-order valence-corrected chi connectivity index (χ1v) is 5.05. The lowest BCUT2D eigenvalue weighted by atomic mass is 10.2. The fourth-order valence-electron chi connectivity index (χ4n) is 0.978. The van der Waals surface area contributed by atoms with E-state index in [2.05, 4.69) is 15.9 Å². The van der Waals surface area contributed by atoms with Gasteiger partial charge in [0.05, 0.1) is 12.7 Å². The number of nitrogens with two attached hydrogens (primary N) is 1. The summed E-state index contributed by atoms with van der Waals surface area (Å²) < 4.78 is 6.49. The zero-order valence-corrected chi connectivity index (χ0v) is 9.47. The molecule has 2 N–H and O–H groups in total. The molecule has 0 radical (unpaired) electrons. The molecule has 0 atom stereocenters. The fraction of sp³-hybridized carbons (Fsp3) is 0.400. The van der Waals surface area contributed by atoms with Gasteiger partial charge in [-0.05, 0) is 26.0 Å². The van der Waals surface area contributed by atoms with Crippen LogP contribution in [0.25, 0.3) is 0 Å². The van der Waals surface area contributed by atoms with Crippen LogP contribution in [-0.4, -0.2) is 6.10 Å². The van der Waals surface area contributed by atoms with Gasteiger partial charge in [0.2, 0.25) is 0 Å². The molecule has 72 valence electrons. The summed E-state index contributed by atoms with van der Waals surface area (Å²) in [6, 6.07) is 5.76. The van der Waals surface area contributed by atoms with Gasteiger partial charge in [-0.1, -0.05) is 22.0 Å². The van der Waals surface area contributed by atoms with Crippen LogP contribution in [0.1, 0.15) is 19.4 Å². The number of anilines is 1. The van der Waals surface area contributed by atoms with E-state index in [4.69, 9.17) is 10.5 Å². The van der Waals surface area contributed by atoms with Crippen LogP contribution in [0.2, 0.25) is 0 Å². The molecule has 0 saturated heterocycles. The molecule has 0 aliphatic carbocycles. The second-order valence-corrected chi connectivity index (χ2v) is 4.02. The normalized spacial score (nSPS) is 10.8. The highest BCUT2D eigenvalue weighted by Crippen LogP contribution is 2.23. The van der Waals surface area contributed by atoms with Gasteiger partial charge in [-0.3, -0.25) is 0 Å². The Morgan fingerprint density at radius 1 is 1.46 bits per heavy atom. The second-order valence-electron chi connectivity index (χ2n) is 3.17. The molecular formula is C10H14BrNO. The first kappa shape index (κ1) is 10.5. The Kier molecular flexibility index (Phi) is 3.75. The Morgan fingerprint density at radius 2 is 2.15 bits per heavy atom. The van der Waals surface area contributed by atoms with Crippen LogP contribution in [0.3, 0.4) is 0 Å². The van der Waals surface area contributed by atoms with Crippen molar-refractivity contribution >= 4 is 21.6 Å². The van der Waals surface area contributed by atoms with Crippen molar-refractivity contribution in [3.63, 3.8) is 0 Å². The van der Waals surface area contributed by atoms with Crippen molar-refractivity contribution in [1.82, 2.24) is 0 Å². The number of rotatable bonds is 3. The van der Waals surface area contributed by atoms with Crippen LogP contribution in [0.4, 0.5) is 5.69 Å². The van der Waals surface area contributed by atoms with Gasteiger partial charge in [0.1, 0.15) is 0 Å². The first-order valence-electron chi connectivity index (χ1n) is 4.25. The van der Waals surface area contributed by atoms with Crippen LogP contribution in [0.5, 0.6) is 0 Å². The zero-order valence-electron chi connectivity index (χ0n) is 7.88. The predicted octanol–water partition coefficient (Wildman–Crippen LogP) is 2.96. The highest BCUT2D eigenvalue weighted by molar-refractivity contribution is 9.10. The van der Waals surface area contributed by atoms with E-state index < -0.39 is 0 Å². The molecule has 1 aromatic carbocycles. The third-order valence-corrected chi connectivity index (χ3v) is 2.46. The van der Waals surface area contributed by atoms with E-state index in [-0.39, 0.29) is 6.10 Å². The van der Waals surface area contributed by atoms with Gasteiger partial charge in [-0.15, -0.1) is 0 Å². The summed E-state index contributed by atoms with van der Waals surface area (Å²) in [5, 5.41) is 0. The van der Waals surface area contributed by atoms with Crippen LogP contribution in [0.15, 0.2) is 22.7 Å². The van der Waals surface area contributed by atoms with Gasteiger partial charge in [0.25, 0.3) is 0 Å². The Morgan fingerprint density at radius 3 is 2.69 bits per heavy atom. The van der Waals surface area contributed by atoms with Gasteiger partial charge < -0.3 is 10.5 Å².